The van der Waals surface area contributed by atoms with Gasteiger partial charge in [-0.15, -0.1) is 6.58 Å². The van der Waals surface area contributed by atoms with Gasteiger partial charge in [-0.05, 0) is 25.1 Å². The molecule has 0 saturated heterocycles. The Kier molecular flexibility index (Phi) is 4.04. The van der Waals surface area contributed by atoms with Crippen molar-refractivity contribution in [1.29, 1.82) is 0 Å². The molecule has 0 aliphatic carbocycles. The van der Waals surface area contributed by atoms with Gasteiger partial charge < -0.3 is 9.84 Å². The van der Waals surface area contributed by atoms with Crippen LogP contribution in [0.25, 0.3) is 22.1 Å². The molecule has 3 aromatic rings. The fourth-order valence-electron chi connectivity index (χ4n) is 2.54. The Morgan fingerprint density at radius 2 is 1.87 bits per heavy atom. The number of hydrogen-bond acceptors (Lipinski definition) is 4. The highest BCUT2D eigenvalue weighted by molar-refractivity contribution is 6.02. The van der Waals surface area contributed by atoms with Gasteiger partial charge >= 0.3 is 5.97 Å². The second-order valence-electron chi connectivity index (χ2n) is 5.18. The van der Waals surface area contributed by atoms with Crippen LogP contribution in [0.1, 0.15) is 28.9 Å². The molecule has 0 aliphatic heterocycles. The quantitative estimate of drug-likeness (QED) is 0.574. The number of para-hydroxylation sites is 2. The third-order valence-electron chi connectivity index (χ3n) is 3.66. The zero-order valence-corrected chi connectivity index (χ0v) is 12.7. The highest BCUT2D eigenvalue weighted by atomic mass is 16.5. The average Bonchev–Trinajstić information content (AvgIpc) is 2.56. The van der Waals surface area contributed by atoms with Crippen molar-refractivity contribution in [2.45, 2.75) is 13.0 Å². The molecule has 5 heteroatoms. The zero-order chi connectivity index (χ0) is 16.4. The van der Waals surface area contributed by atoms with Crippen molar-refractivity contribution >= 4 is 28.0 Å². The van der Waals surface area contributed by atoms with Crippen LogP contribution in [-0.4, -0.2) is 27.7 Å². The van der Waals surface area contributed by atoms with Gasteiger partial charge in [0.15, 0.2) is 0 Å². The Bertz CT molecular complexity index is 905. The summed E-state index contributed by atoms with van der Waals surface area (Å²) in [5.74, 6) is -1.01. The first-order valence-corrected chi connectivity index (χ1v) is 7.27. The zero-order valence-electron chi connectivity index (χ0n) is 12.7. The molecule has 3 rings (SSSR count). The molecular formula is C18H16N2O3. The summed E-state index contributed by atoms with van der Waals surface area (Å²) in [4.78, 5) is 20.5. The van der Waals surface area contributed by atoms with Crippen LogP contribution in [0.15, 0.2) is 49.1 Å². The van der Waals surface area contributed by atoms with E-state index >= 15 is 0 Å². The topological polar surface area (TPSA) is 72.3 Å². The van der Waals surface area contributed by atoms with Gasteiger partial charge in [-0.25, -0.2) is 14.8 Å². The van der Waals surface area contributed by atoms with Crippen molar-refractivity contribution < 1.29 is 14.6 Å². The summed E-state index contributed by atoms with van der Waals surface area (Å²) in [5, 5.41) is 9.30. The number of ether oxygens (including phenoxy) is 1. The van der Waals surface area contributed by atoms with E-state index in [1.54, 1.807) is 18.2 Å². The first kappa shape index (κ1) is 15.1. The molecule has 2 aromatic carbocycles. The van der Waals surface area contributed by atoms with Gasteiger partial charge in [0, 0.05) is 5.56 Å². The summed E-state index contributed by atoms with van der Waals surface area (Å²) in [6, 6.07) is 10.6. The minimum absolute atomic E-state index is 0.151. The minimum Gasteiger partial charge on any atom is -0.478 e. The van der Waals surface area contributed by atoms with E-state index in [-0.39, 0.29) is 11.7 Å². The van der Waals surface area contributed by atoms with Crippen molar-refractivity contribution in [3.63, 3.8) is 0 Å². The van der Waals surface area contributed by atoms with Crippen LogP contribution in [0.2, 0.25) is 0 Å². The first-order chi connectivity index (χ1) is 11.1. The maximum Gasteiger partial charge on any atom is 0.337 e. The number of aromatic carboxylic acids is 1. The molecule has 0 saturated carbocycles. The third-order valence-corrected chi connectivity index (χ3v) is 3.66. The molecule has 0 unspecified atom stereocenters. The van der Waals surface area contributed by atoms with E-state index < -0.39 is 5.97 Å². The van der Waals surface area contributed by atoms with Crippen LogP contribution in [0.3, 0.4) is 0 Å². The molecule has 1 aromatic heterocycles. The maximum absolute atomic E-state index is 11.3. The van der Waals surface area contributed by atoms with Crippen molar-refractivity contribution in [3.8, 4) is 0 Å². The molecule has 1 atom stereocenters. The smallest absolute Gasteiger partial charge is 0.337 e. The van der Waals surface area contributed by atoms with E-state index in [1.807, 2.05) is 25.1 Å². The monoisotopic (exact) mass is 308 g/mol. The van der Waals surface area contributed by atoms with Crippen LogP contribution in [-0.2, 0) is 4.74 Å². The number of fused-ring (bicyclic) bond motifs is 2. The average molecular weight is 308 g/mol. The van der Waals surface area contributed by atoms with Crippen LogP contribution in [0.5, 0.6) is 0 Å². The normalized spacial score (nSPS) is 12.4. The molecular weight excluding hydrogens is 292 g/mol. The van der Waals surface area contributed by atoms with E-state index in [0.717, 1.165) is 11.1 Å². The Morgan fingerprint density at radius 3 is 2.57 bits per heavy atom. The predicted octanol–water partition coefficient (Wildman–Crippen LogP) is 3.74. The molecule has 1 heterocycles. The largest absolute Gasteiger partial charge is 0.478 e. The van der Waals surface area contributed by atoms with E-state index in [9.17, 15) is 9.90 Å². The van der Waals surface area contributed by atoms with Gasteiger partial charge in [-0.2, -0.15) is 0 Å². The van der Waals surface area contributed by atoms with Gasteiger partial charge in [0.25, 0.3) is 0 Å². The summed E-state index contributed by atoms with van der Waals surface area (Å²) < 4.78 is 5.68. The lowest BCUT2D eigenvalue weighted by molar-refractivity contribution is 0.0698. The number of rotatable bonds is 5. The molecule has 23 heavy (non-hydrogen) atoms. The SMILES string of the molecule is C=CCO[C@H](C)c1cccc2nc3c(C(=O)O)cccc3nc12. The summed E-state index contributed by atoms with van der Waals surface area (Å²) in [7, 11) is 0. The highest BCUT2D eigenvalue weighted by Gasteiger charge is 2.15. The van der Waals surface area contributed by atoms with Crippen LogP contribution in [0, 0.1) is 0 Å². The number of nitrogens with zero attached hydrogens (tertiary/aromatic N) is 2. The standard InChI is InChI=1S/C18H16N2O3/c1-3-10-23-11(2)12-6-4-8-14-16(12)19-15-9-5-7-13(18(21)22)17(15)20-14/h3-9,11H,1,10H2,2H3,(H,21,22)/t11-/m1/s1. The number of carboxylic acid groups (broad SMARTS) is 1. The number of carboxylic acids is 1. The lowest BCUT2D eigenvalue weighted by Gasteiger charge is -2.14. The molecule has 1 N–H and O–H groups in total. The predicted molar refractivity (Wildman–Crippen MR) is 88.6 cm³/mol. The molecule has 0 fully saturated rings. The number of aromatic nitrogens is 2. The minimum atomic E-state index is -1.01. The summed E-state index contributed by atoms with van der Waals surface area (Å²) in [6.07, 6.45) is 1.54. The lowest BCUT2D eigenvalue weighted by atomic mass is 10.1. The first-order valence-electron chi connectivity index (χ1n) is 7.27. The van der Waals surface area contributed by atoms with E-state index in [0.29, 0.717) is 23.2 Å². The van der Waals surface area contributed by atoms with Crippen LogP contribution >= 0.6 is 0 Å². The molecule has 0 radical (unpaired) electrons. The van der Waals surface area contributed by atoms with Crippen molar-refractivity contribution in [1.82, 2.24) is 9.97 Å². The van der Waals surface area contributed by atoms with Crippen molar-refractivity contribution in [3.05, 3.63) is 60.2 Å². The Balaban J connectivity index is 2.23. The van der Waals surface area contributed by atoms with Crippen LogP contribution in [0.4, 0.5) is 0 Å². The maximum atomic E-state index is 11.3. The third kappa shape index (κ3) is 2.78. The molecule has 0 spiro atoms. The van der Waals surface area contributed by atoms with Crippen LogP contribution < -0.4 is 0 Å². The van der Waals surface area contributed by atoms with Crippen molar-refractivity contribution in [2.24, 2.45) is 0 Å². The van der Waals surface area contributed by atoms with Crippen molar-refractivity contribution in [2.75, 3.05) is 6.61 Å². The van der Waals surface area contributed by atoms with Gasteiger partial charge in [0.05, 0.1) is 34.8 Å². The molecule has 0 aliphatic rings. The molecule has 0 bridgehead atoms. The second kappa shape index (κ2) is 6.14. The second-order valence-corrected chi connectivity index (χ2v) is 5.18. The van der Waals surface area contributed by atoms with E-state index in [4.69, 9.17) is 4.74 Å². The molecule has 116 valence electrons. The highest BCUT2D eigenvalue weighted by Crippen LogP contribution is 2.27. The Morgan fingerprint density at radius 1 is 1.22 bits per heavy atom. The Hall–Kier alpha value is -2.79. The lowest BCUT2D eigenvalue weighted by Crippen LogP contribution is -2.04. The van der Waals surface area contributed by atoms with Gasteiger partial charge in [0.1, 0.15) is 5.52 Å². The molecule has 5 nitrogen and oxygen atoms in total. The van der Waals surface area contributed by atoms with Gasteiger partial charge in [-0.1, -0.05) is 24.3 Å². The molecule has 0 amide bonds. The number of hydrogen-bond donors (Lipinski definition) is 1. The van der Waals surface area contributed by atoms with Gasteiger partial charge in [-0.3, -0.25) is 0 Å². The van der Waals surface area contributed by atoms with E-state index in [2.05, 4.69) is 16.5 Å². The van der Waals surface area contributed by atoms with Gasteiger partial charge in [0.2, 0.25) is 0 Å². The summed E-state index contributed by atoms with van der Waals surface area (Å²) in [6.45, 7) is 6.04. The summed E-state index contributed by atoms with van der Waals surface area (Å²) in [5.41, 5.74) is 3.39. The number of carbonyl (C=O) groups is 1. The summed E-state index contributed by atoms with van der Waals surface area (Å²) >= 11 is 0. The fraction of sp³-hybridized carbons (Fsp3) is 0.167. The number of benzene rings is 2. The Labute approximate surface area is 133 Å². The van der Waals surface area contributed by atoms with E-state index in [1.165, 1.54) is 6.07 Å². The fourth-order valence-corrected chi connectivity index (χ4v) is 2.54.